The number of likely N-dealkylation sites (N-methyl/N-ethyl adjacent to an activating group) is 1. The van der Waals surface area contributed by atoms with Gasteiger partial charge in [0, 0.05) is 19.2 Å². The number of aliphatic imine (C=N–C) groups is 1. The largest absolute Gasteiger partial charge is 0.482 e. The fourth-order valence-electron chi connectivity index (χ4n) is 3.01. The molecule has 8 nitrogen and oxygen atoms in total. The standard InChI is InChI=1S/C19H21N3O5/c1-11(2)9-22-18(25)17-15(21(3)19(22)26)8-14(20-17)12-4-6-13(7-5-12)27-10-16(23)24/h4-8,11,17H,9-10H2,1-3H3,(H,23,24). The monoisotopic (exact) mass is 371 g/mol. The molecular formula is C19H21N3O5. The highest BCUT2D eigenvalue weighted by atomic mass is 16.5. The molecule has 8 heteroatoms. The number of nitrogens with zero attached hydrogens (tertiary/aromatic N) is 3. The molecule has 1 N–H and O–H groups in total. The maximum Gasteiger partial charge on any atom is 0.341 e. The summed E-state index contributed by atoms with van der Waals surface area (Å²) in [5.41, 5.74) is 1.91. The molecule has 1 aromatic carbocycles. The molecule has 0 aliphatic carbocycles. The van der Waals surface area contributed by atoms with E-state index in [0.717, 1.165) is 5.56 Å². The zero-order chi connectivity index (χ0) is 19.7. The van der Waals surface area contributed by atoms with Crippen LogP contribution >= 0.6 is 0 Å². The second-order valence-electron chi connectivity index (χ2n) is 6.88. The molecule has 3 rings (SSSR count). The van der Waals surface area contributed by atoms with Gasteiger partial charge in [0.05, 0.1) is 11.4 Å². The number of hydrogen-bond donors (Lipinski definition) is 1. The highest BCUT2D eigenvalue weighted by Crippen LogP contribution is 2.29. The third kappa shape index (κ3) is 3.69. The summed E-state index contributed by atoms with van der Waals surface area (Å²) in [6, 6.07) is 5.70. The van der Waals surface area contributed by atoms with E-state index in [-0.39, 0.29) is 17.9 Å². The van der Waals surface area contributed by atoms with E-state index in [1.54, 1.807) is 37.4 Å². The number of ether oxygens (including phenoxy) is 1. The number of hydrogen-bond acceptors (Lipinski definition) is 5. The zero-order valence-electron chi connectivity index (χ0n) is 15.4. The highest BCUT2D eigenvalue weighted by molar-refractivity contribution is 6.15. The first-order valence-electron chi connectivity index (χ1n) is 8.61. The fourth-order valence-corrected chi connectivity index (χ4v) is 3.01. The van der Waals surface area contributed by atoms with Gasteiger partial charge in [-0.2, -0.15) is 0 Å². The van der Waals surface area contributed by atoms with Crippen LogP contribution in [-0.4, -0.2) is 64.8 Å². The van der Waals surface area contributed by atoms with Gasteiger partial charge in [0.1, 0.15) is 5.75 Å². The van der Waals surface area contributed by atoms with Gasteiger partial charge < -0.3 is 9.84 Å². The summed E-state index contributed by atoms with van der Waals surface area (Å²) in [5, 5.41) is 8.65. The molecule has 2 aliphatic rings. The molecule has 27 heavy (non-hydrogen) atoms. The Bertz CT molecular complexity index is 841. The predicted molar refractivity (Wildman–Crippen MR) is 97.7 cm³/mol. The smallest absolute Gasteiger partial charge is 0.341 e. The quantitative estimate of drug-likeness (QED) is 0.821. The molecule has 1 fully saturated rings. The topological polar surface area (TPSA) is 99.5 Å². The Morgan fingerprint density at radius 2 is 1.93 bits per heavy atom. The summed E-state index contributed by atoms with van der Waals surface area (Å²) in [5.74, 6) is -0.768. The van der Waals surface area contributed by atoms with E-state index in [9.17, 15) is 14.4 Å². The van der Waals surface area contributed by atoms with Crippen molar-refractivity contribution < 1.29 is 24.2 Å². The lowest BCUT2D eigenvalue weighted by Crippen LogP contribution is -2.56. The zero-order valence-corrected chi connectivity index (χ0v) is 15.4. The summed E-state index contributed by atoms with van der Waals surface area (Å²) < 4.78 is 5.11. The number of aliphatic carboxylic acids is 1. The summed E-state index contributed by atoms with van der Waals surface area (Å²) in [6.07, 6.45) is 1.74. The van der Waals surface area contributed by atoms with Crippen molar-refractivity contribution in [1.82, 2.24) is 9.80 Å². The van der Waals surface area contributed by atoms with Crippen molar-refractivity contribution >= 4 is 23.6 Å². The summed E-state index contributed by atoms with van der Waals surface area (Å²) >= 11 is 0. The van der Waals surface area contributed by atoms with Crippen LogP contribution in [0.4, 0.5) is 4.79 Å². The van der Waals surface area contributed by atoms with Crippen LogP contribution < -0.4 is 4.74 Å². The van der Waals surface area contributed by atoms with E-state index in [1.165, 1.54) is 9.80 Å². The molecule has 2 heterocycles. The SMILES string of the molecule is CC(C)CN1C(=O)C2N=C(c3ccc(OCC(=O)O)cc3)C=C2N(C)C1=O. The normalized spacial score (nSPS) is 19.2. The second-order valence-corrected chi connectivity index (χ2v) is 6.88. The minimum Gasteiger partial charge on any atom is -0.482 e. The van der Waals surface area contributed by atoms with Crippen molar-refractivity contribution in [2.45, 2.75) is 19.9 Å². The third-order valence-corrected chi connectivity index (χ3v) is 4.30. The number of carboxylic acid groups (broad SMARTS) is 1. The Labute approximate surface area is 156 Å². The molecule has 0 saturated carbocycles. The number of fused-ring (bicyclic) bond motifs is 1. The van der Waals surface area contributed by atoms with Crippen LogP contribution in [0.1, 0.15) is 19.4 Å². The van der Waals surface area contributed by atoms with Gasteiger partial charge in [-0.3, -0.25) is 19.6 Å². The van der Waals surface area contributed by atoms with Crippen LogP contribution in [-0.2, 0) is 9.59 Å². The Kier molecular flexibility index (Phi) is 4.98. The third-order valence-electron chi connectivity index (χ3n) is 4.30. The maximum absolute atomic E-state index is 12.7. The van der Waals surface area contributed by atoms with Gasteiger partial charge in [-0.15, -0.1) is 0 Å². The van der Waals surface area contributed by atoms with E-state index >= 15 is 0 Å². The number of carbonyl (C=O) groups is 3. The maximum atomic E-state index is 12.7. The number of rotatable bonds is 6. The van der Waals surface area contributed by atoms with Gasteiger partial charge in [0.2, 0.25) is 0 Å². The van der Waals surface area contributed by atoms with Crippen LogP contribution in [0, 0.1) is 5.92 Å². The van der Waals surface area contributed by atoms with E-state index in [0.29, 0.717) is 23.7 Å². The van der Waals surface area contributed by atoms with E-state index < -0.39 is 18.6 Å². The summed E-state index contributed by atoms with van der Waals surface area (Å²) in [6.45, 7) is 3.83. The lowest BCUT2D eigenvalue weighted by atomic mass is 10.1. The van der Waals surface area contributed by atoms with Crippen LogP contribution in [0.15, 0.2) is 41.0 Å². The number of carbonyl (C=O) groups excluding carboxylic acids is 2. The van der Waals surface area contributed by atoms with Crippen molar-refractivity contribution in [1.29, 1.82) is 0 Å². The molecule has 1 aromatic rings. The Hall–Kier alpha value is -3.16. The van der Waals surface area contributed by atoms with Gasteiger partial charge in [-0.1, -0.05) is 13.8 Å². The molecular weight excluding hydrogens is 350 g/mol. The highest BCUT2D eigenvalue weighted by Gasteiger charge is 2.43. The number of carboxylic acids is 1. The van der Waals surface area contributed by atoms with Gasteiger partial charge in [-0.25, -0.2) is 9.59 Å². The summed E-state index contributed by atoms with van der Waals surface area (Å²) in [7, 11) is 1.64. The number of amides is 3. The Balaban J connectivity index is 1.82. The lowest BCUT2D eigenvalue weighted by molar-refractivity contribution is -0.139. The van der Waals surface area contributed by atoms with Crippen LogP contribution in [0.3, 0.4) is 0 Å². The number of benzene rings is 1. The molecule has 0 aromatic heterocycles. The molecule has 0 spiro atoms. The molecule has 142 valence electrons. The predicted octanol–water partition coefficient (Wildman–Crippen LogP) is 1.76. The van der Waals surface area contributed by atoms with E-state index in [4.69, 9.17) is 9.84 Å². The Morgan fingerprint density at radius 1 is 1.26 bits per heavy atom. The van der Waals surface area contributed by atoms with Crippen LogP contribution in [0.2, 0.25) is 0 Å². The van der Waals surface area contributed by atoms with E-state index in [2.05, 4.69) is 4.99 Å². The van der Waals surface area contributed by atoms with Crippen molar-refractivity contribution in [3.63, 3.8) is 0 Å². The van der Waals surface area contributed by atoms with Crippen molar-refractivity contribution in [2.24, 2.45) is 10.9 Å². The molecule has 0 bridgehead atoms. The average molecular weight is 371 g/mol. The summed E-state index contributed by atoms with van der Waals surface area (Å²) in [4.78, 5) is 43.0. The average Bonchev–Trinajstić information content (AvgIpc) is 3.07. The number of allylic oxidation sites excluding steroid dienone is 1. The fraction of sp³-hybridized carbons (Fsp3) is 0.368. The number of imide groups is 1. The number of urea groups is 1. The first-order valence-corrected chi connectivity index (χ1v) is 8.61. The van der Waals surface area contributed by atoms with Crippen molar-refractivity contribution in [2.75, 3.05) is 20.2 Å². The molecule has 1 saturated heterocycles. The van der Waals surface area contributed by atoms with Crippen LogP contribution in [0.5, 0.6) is 5.75 Å². The van der Waals surface area contributed by atoms with Gasteiger partial charge in [0.15, 0.2) is 12.6 Å². The minimum absolute atomic E-state index is 0.167. The van der Waals surface area contributed by atoms with Gasteiger partial charge in [0.25, 0.3) is 5.91 Å². The molecule has 1 unspecified atom stereocenters. The lowest BCUT2D eigenvalue weighted by Gasteiger charge is -2.36. The molecule has 0 radical (unpaired) electrons. The first kappa shape index (κ1) is 18.6. The molecule has 2 aliphatic heterocycles. The van der Waals surface area contributed by atoms with Gasteiger partial charge >= 0.3 is 12.0 Å². The Morgan fingerprint density at radius 3 is 2.52 bits per heavy atom. The first-order chi connectivity index (χ1) is 12.8. The minimum atomic E-state index is -1.05. The second kappa shape index (κ2) is 7.22. The molecule has 1 atom stereocenters. The molecule has 3 amide bonds. The van der Waals surface area contributed by atoms with Crippen LogP contribution in [0.25, 0.3) is 0 Å². The van der Waals surface area contributed by atoms with Gasteiger partial charge in [-0.05, 0) is 36.3 Å². The van der Waals surface area contributed by atoms with Crippen molar-refractivity contribution in [3.8, 4) is 5.75 Å². The van der Waals surface area contributed by atoms with E-state index in [1.807, 2.05) is 13.8 Å². The van der Waals surface area contributed by atoms with Crippen molar-refractivity contribution in [3.05, 3.63) is 41.6 Å².